The van der Waals surface area contributed by atoms with E-state index in [2.05, 4.69) is 0 Å². The lowest BCUT2D eigenvalue weighted by Crippen LogP contribution is -2.54. The SMILES string of the molecule is CN1C(=O)C(=O)N(CN2CCN(S(=O)(=O)N(C)C)CC2)C1=O. The van der Waals surface area contributed by atoms with Crippen LogP contribution < -0.4 is 0 Å². The van der Waals surface area contributed by atoms with E-state index in [-0.39, 0.29) is 19.8 Å². The maximum Gasteiger partial charge on any atom is 0.335 e. The topological polar surface area (TPSA) is 102 Å². The summed E-state index contributed by atoms with van der Waals surface area (Å²) in [5, 5.41) is 0. The van der Waals surface area contributed by atoms with E-state index < -0.39 is 28.1 Å². The number of amides is 4. The molecule has 0 aromatic heterocycles. The van der Waals surface area contributed by atoms with Gasteiger partial charge in [0.15, 0.2) is 0 Å². The van der Waals surface area contributed by atoms with Gasteiger partial charge in [-0.1, -0.05) is 0 Å². The molecule has 0 N–H and O–H groups in total. The number of hydrogen-bond donors (Lipinski definition) is 0. The summed E-state index contributed by atoms with van der Waals surface area (Å²) in [4.78, 5) is 38.3. The van der Waals surface area contributed by atoms with E-state index in [1.165, 1.54) is 25.4 Å². The molecule has 2 heterocycles. The molecular weight excluding hydrogens is 314 g/mol. The van der Waals surface area contributed by atoms with Gasteiger partial charge in [-0.3, -0.25) is 19.4 Å². The van der Waals surface area contributed by atoms with Crippen LogP contribution in [0.3, 0.4) is 0 Å². The van der Waals surface area contributed by atoms with Gasteiger partial charge in [-0.2, -0.15) is 17.0 Å². The Labute approximate surface area is 129 Å². The fourth-order valence-corrected chi connectivity index (χ4v) is 3.36. The van der Waals surface area contributed by atoms with Crippen molar-refractivity contribution in [1.82, 2.24) is 23.3 Å². The quantitative estimate of drug-likeness (QED) is 0.427. The van der Waals surface area contributed by atoms with E-state index in [1.54, 1.807) is 4.90 Å². The summed E-state index contributed by atoms with van der Waals surface area (Å²) in [6.45, 7) is 1.27. The zero-order valence-electron chi connectivity index (χ0n) is 12.7. The fourth-order valence-electron chi connectivity index (χ4n) is 2.27. The average molecular weight is 333 g/mol. The molecule has 22 heavy (non-hydrogen) atoms. The minimum absolute atomic E-state index is 0.0103. The normalized spacial score (nSPS) is 22.3. The molecule has 0 atom stereocenters. The lowest BCUT2D eigenvalue weighted by molar-refractivity contribution is -0.143. The second-order valence-corrected chi connectivity index (χ2v) is 7.47. The number of nitrogens with zero attached hydrogens (tertiary/aromatic N) is 5. The van der Waals surface area contributed by atoms with Crippen molar-refractivity contribution in [1.29, 1.82) is 0 Å². The Kier molecular flexibility index (Phi) is 4.52. The lowest BCUT2D eigenvalue weighted by Gasteiger charge is -2.36. The molecule has 2 fully saturated rings. The van der Waals surface area contributed by atoms with Crippen molar-refractivity contribution in [2.75, 3.05) is 54.0 Å². The van der Waals surface area contributed by atoms with Crippen LogP contribution in [0.15, 0.2) is 0 Å². The molecule has 0 spiro atoms. The van der Waals surface area contributed by atoms with Gasteiger partial charge in [-0.25, -0.2) is 9.69 Å². The summed E-state index contributed by atoms with van der Waals surface area (Å²) in [6, 6.07) is -0.654. The van der Waals surface area contributed by atoms with Gasteiger partial charge >= 0.3 is 17.8 Å². The Bertz CT molecular complexity index is 596. The highest BCUT2D eigenvalue weighted by Crippen LogP contribution is 2.14. The first kappa shape index (κ1) is 16.8. The molecule has 0 aromatic carbocycles. The van der Waals surface area contributed by atoms with E-state index in [0.29, 0.717) is 13.1 Å². The van der Waals surface area contributed by atoms with E-state index in [0.717, 1.165) is 14.1 Å². The number of carbonyl (C=O) groups excluding carboxylic acids is 3. The summed E-state index contributed by atoms with van der Waals surface area (Å²) in [7, 11) is 0.721. The Balaban J connectivity index is 1.95. The number of likely N-dealkylation sites (N-methyl/N-ethyl adjacent to an activating group) is 1. The Morgan fingerprint density at radius 2 is 1.55 bits per heavy atom. The van der Waals surface area contributed by atoms with Gasteiger partial charge in [0.25, 0.3) is 10.2 Å². The number of urea groups is 1. The first-order valence-corrected chi connectivity index (χ1v) is 8.09. The van der Waals surface area contributed by atoms with E-state index >= 15 is 0 Å². The molecule has 2 aliphatic rings. The van der Waals surface area contributed by atoms with Gasteiger partial charge in [0.2, 0.25) is 0 Å². The maximum absolute atomic E-state index is 12.0. The second kappa shape index (κ2) is 5.91. The highest BCUT2D eigenvalue weighted by molar-refractivity contribution is 7.86. The molecule has 0 radical (unpaired) electrons. The molecule has 0 aromatic rings. The number of imide groups is 2. The third-order valence-corrected chi connectivity index (χ3v) is 5.65. The van der Waals surface area contributed by atoms with Crippen molar-refractivity contribution < 1.29 is 22.8 Å². The summed E-state index contributed by atoms with van der Waals surface area (Å²) in [6.07, 6.45) is 0. The van der Waals surface area contributed by atoms with E-state index in [1.807, 2.05) is 0 Å². The first-order valence-electron chi connectivity index (χ1n) is 6.69. The standard InChI is InChI=1S/C11H19N5O5S/c1-12(2)22(20,21)15-6-4-14(5-7-15)8-16-10(18)9(17)13(3)11(16)19/h4-8H2,1-3H3. The Morgan fingerprint density at radius 3 is 1.95 bits per heavy atom. The van der Waals surface area contributed by atoms with Crippen LogP contribution in [0.2, 0.25) is 0 Å². The molecule has 2 aliphatic heterocycles. The smallest absolute Gasteiger partial charge is 0.283 e. The van der Waals surface area contributed by atoms with Crippen molar-refractivity contribution in [3.05, 3.63) is 0 Å². The summed E-state index contributed by atoms with van der Waals surface area (Å²) in [5.74, 6) is -1.70. The van der Waals surface area contributed by atoms with Crippen LogP contribution in [0.5, 0.6) is 0 Å². The Hall–Kier alpha value is -1.56. The van der Waals surface area contributed by atoms with Crippen LogP contribution in [0.1, 0.15) is 0 Å². The molecule has 2 rings (SSSR count). The predicted octanol–water partition coefficient (Wildman–Crippen LogP) is -2.21. The number of piperazine rings is 1. The van der Waals surface area contributed by atoms with Gasteiger partial charge in [0.05, 0.1) is 6.67 Å². The first-order chi connectivity index (χ1) is 10.2. The van der Waals surface area contributed by atoms with Crippen LogP contribution in [0, 0.1) is 0 Å². The minimum atomic E-state index is -3.46. The van der Waals surface area contributed by atoms with Gasteiger partial charge in [0.1, 0.15) is 0 Å². The zero-order chi connectivity index (χ0) is 16.7. The molecule has 0 saturated carbocycles. The molecule has 11 heteroatoms. The monoisotopic (exact) mass is 333 g/mol. The van der Waals surface area contributed by atoms with Gasteiger partial charge in [0, 0.05) is 47.3 Å². The molecule has 10 nitrogen and oxygen atoms in total. The van der Waals surface area contributed by atoms with Crippen molar-refractivity contribution in [2.45, 2.75) is 0 Å². The summed E-state index contributed by atoms with van der Waals surface area (Å²) in [5.41, 5.74) is 0. The van der Waals surface area contributed by atoms with Gasteiger partial charge < -0.3 is 0 Å². The van der Waals surface area contributed by atoms with Crippen LogP contribution in [-0.2, 0) is 19.8 Å². The zero-order valence-corrected chi connectivity index (χ0v) is 13.5. The van der Waals surface area contributed by atoms with Crippen molar-refractivity contribution in [3.63, 3.8) is 0 Å². The number of rotatable bonds is 4. The van der Waals surface area contributed by atoms with E-state index in [9.17, 15) is 22.8 Å². The van der Waals surface area contributed by atoms with Crippen LogP contribution in [0.4, 0.5) is 4.79 Å². The highest BCUT2D eigenvalue weighted by atomic mass is 32.2. The molecule has 2 saturated heterocycles. The predicted molar refractivity (Wildman–Crippen MR) is 75.6 cm³/mol. The maximum atomic E-state index is 12.0. The fraction of sp³-hybridized carbons (Fsp3) is 0.727. The van der Waals surface area contributed by atoms with Gasteiger partial charge in [-0.05, 0) is 0 Å². The molecule has 124 valence electrons. The summed E-state index contributed by atoms with van der Waals surface area (Å²) < 4.78 is 26.5. The van der Waals surface area contributed by atoms with Gasteiger partial charge in [-0.15, -0.1) is 0 Å². The molecule has 0 unspecified atom stereocenters. The van der Waals surface area contributed by atoms with Crippen molar-refractivity contribution in [3.8, 4) is 0 Å². The molecule has 0 aliphatic carbocycles. The van der Waals surface area contributed by atoms with E-state index in [4.69, 9.17) is 0 Å². The van der Waals surface area contributed by atoms with Crippen molar-refractivity contribution in [2.24, 2.45) is 0 Å². The second-order valence-electron chi connectivity index (χ2n) is 5.33. The number of hydrogen-bond acceptors (Lipinski definition) is 6. The third-order valence-electron chi connectivity index (χ3n) is 3.71. The van der Waals surface area contributed by atoms with Crippen LogP contribution >= 0.6 is 0 Å². The minimum Gasteiger partial charge on any atom is -0.283 e. The summed E-state index contributed by atoms with van der Waals surface area (Å²) >= 11 is 0. The van der Waals surface area contributed by atoms with Crippen LogP contribution in [-0.4, -0.2) is 104 Å². The lowest BCUT2D eigenvalue weighted by atomic mass is 10.4. The molecule has 0 bridgehead atoms. The molecule has 4 amide bonds. The largest absolute Gasteiger partial charge is 0.335 e. The Morgan fingerprint density at radius 1 is 1.00 bits per heavy atom. The third kappa shape index (κ3) is 2.84. The van der Waals surface area contributed by atoms with Crippen molar-refractivity contribution >= 4 is 28.1 Å². The van der Waals surface area contributed by atoms with Crippen LogP contribution in [0.25, 0.3) is 0 Å². The average Bonchev–Trinajstić information content (AvgIpc) is 2.65. The highest BCUT2D eigenvalue weighted by Gasteiger charge is 2.43. The molecular formula is C11H19N5O5S. The number of carbonyl (C=O) groups is 3.